The van der Waals surface area contributed by atoms with E-state index in [0.29, 0.717) is 18.6 Å². The maximum atomic E-state index is 13.2. The summed E-state index contributed by atoms with van der Waals surface area (Å²) >= 11 is 0. The predicted octanol–water partition coefficient (Wildman–Crippen LogP) is 3.16. The molecule has 4 rings (SSSR count). The van der Waals surface area contributed by atoms with E-state index in [9.17, 15) is 14.7 Å². The second-order valence-electron chi connectivity index (χ2n) is 8.93. The van der Waals surface area contributed by atoms with Gasteiger partial charge in [-0.15, -0.1) is 0 Å². The monoisotopic (exact) mass is 316 g/mol. The van der Waals surface area contributed by atoms with Crippen LogP contribution in [0.1, 0.15) is 52.9 Å². The molecule has 3 nitrogen and oxygen atoms in total. The van der Waals surface area contributed by atoms with Gasteiger partial charge in [0, 0.05) is 12.3 Å². The van der Waals surface area contributed by atoms with Crippen molar-refractivity contribution < 1.29 is 14.7 Å². The Bertz CT molecular complexity index is 608. The van der Waals surface area contributed by atoms with Crippen LogP contribution in [-0.4, -0.2) is 22.8 Å². The first-order valence-electron chi connectivity index (χ1n) is 9.20. The van der Waals surface area contributed by atoms with Gasteiger partial charge in [0.05, 0.1) is 11.5 Å². The Balaban J connectivity index is 1.86. The number of aliphatic hydroxyl groups excluding tert-OH is 1. The zero-order valence-electron chi connectivity index (χ0n) is 14.5. The van der Waals surface area contributed by atoms with E-state index in [2.05, 4.69) is 20.4 Å². The van der Waals surface area contributed by atoms with Crippen LogP contribution in [0.5, 0.6) is 0 Å². The molecule has 0 saturated heterocycles. The maximum absolute atomic E-state index is 13.2. The summed E-state index contributed by atoms with van der Waals surface area (Å²) in [4.78, 5) is 25.4. The van der Waals surface area contributed by atoms with Crippen LogP contribution in [0.2, 0.25) is 0 Å². The molecule has 2 bridgehead atoms. The molecule has 0 radical (unpaired) electrons. The summed E-state index contributed by atoms with van der Waals surface area (Å²) < 4.78 is 0. The number of rotatable bonds is 0. The molecule has 3 heteroatoms. The Morgan fingerprint density at radius 1 is 1.22 bits per heavy atom. The van der Waals surface area contributed by atoms with Gasteiger partial charge in [-0.05, 0) is 60.3 Å². The lowest BCUT2D eigenvalue weighted by atomic mass is 9.41. The molecule has 1 unspecified atom stereocenters. The molecule has 0 aliphatic heterocycles. The zero-order valence-corrected chi connectivity index (χ0v) is 14.5. The van der Waals surface area contributed by atoms with Crippen LogP contribution >= 0.6 is 0 Å². The molecule has 1 N–H and O–H groups in total. The Hall–Kier alpha value is -0.960. The van der Waals surface area contributed by atoms with Gasteiger partial charge in [0.25, 0.3) is 0 Å². The largest absolute Gasteiger partial charge is 0.392 e. The number of carbonyl (C=O) groups is 2. The summed E-state index contributed by atoms with van der Waals surface area (Å²) in [5.41, 5.74) is 0.110. The molecular formula is C20H28O3. The number of carbonyl (C=O) groups excluding carboxylic acids is 2. The van der Waals surface area contributed by atoms with E-state index in [0.717, 1.165) is 24.8 Å². The Morgan fingerprint density at radius 3 is 2.61 bits per heavy atom. The topological polar surface area (TPSA) is 54.4 Å². The number of allylic oxidation sites excluding steroid dienone is 1. The summed E-state index contributed by atoms with van der Waals surface area (Å²) in [6.07, 6.45) is 3.47. The van der Waals surface area contributed by atoms with E-state index in [1.165, 1.54) is 0 Å². The lowest BCUT2D eigenvalue weighted by Gasteiger charge is -2.63. The highest BCUT2D eigenvalue weighted by atomic mass is 16.3. The second kappa shape index (κ2) is 4.56. The fourth-order valence-electron chi connectivity index (χ4n) is 7.28. The van der Waals surface area contributed by atoms with Crippen LogP contribution in [0.3, 0.4) is 0 Å². The smallest absolute Gasteiger partial charge is 0.167 e. The SMILES string of the molecule is C=C1C(=O)[C@]23C(C)[C@H]1CC[C@H]2[C@]1(C)CCC(=O)[C@H](C)[C@H]1C[C@H]3O. The normalized spacial score (nSPS) is 55.6. The number of hydrogen-bond acceptors (Lipinski definition) is 3. The Labute approximate surface area is 138 Å². The summed E-state index contributed by atoms with van der Waals surface area (Å²) in [5.74, 6) is 1.30. The third-order valence-electron chi connectivity index (χ3n) is 8.53. The molecule has 0 heterocycles. The van der Waals surface area contributed by atoms with Gasteiger partial charge in [-0.3, -0.25) is 9.59 Å². The quantitative estimate of drug-likeness (QED) is 0.698. The molecule has 4 fully saturated rings. The third kappa shape index (κ3) is 1.55. The molecule has 126 valence electrons. The minimum absolute atomic E-state index is 0.00786. The first-order chi connectivity index (χ1) is 10.8. The fraction of sp³-hybridized carbons (Fsp3) is 0.800. The van der Waals surface area contributed by atoms with Gasteiger partial charge < -0.3 is 5.11 Å². The molecule has 4 aliphatic carbocycles. The summed E-state index contributed by atoms with van der Waals surface area (Å²) in [6, 6.07) is 0. The van der Waals surface area contributed by atoms with Crippen LogP contribution in [0, 0.1) is 40.4 Å². The molecular weight excluding hydrogens is 288 g/mol. The highest BCUT2D eigenvalue weighted by Crippen LogP contribution is 2.70. The molecule has 0 aromatic heterocycles. The average Bonchev–Trinajstić information content (AvgIpc) is 2.63. The minimum atomic E-state index is -0.634. The Morgan fingerprint density at radius 2 is 1.91 bits per heavy atom. The van der Waals surface area contributed by atoms with Crippen molar-refractivity contribution in [3.05, 3.63) is 12.2 Å². The van der Waals surface area contributed by atoms with Crippen molar-refractivity contribution in [1.82, 2.24) is 0 Å². The van der Waals surface area contributed by atoms with Gasteiger partial charge in [0.2, 0.25) is 0 Å². The molecule has 1 spiro atoms. The molecule has 8 atom stereocenters. The summed E-state index contributed by atoms with van der Waals surface area (Å²) in [5, 5.41) is 11.1. The molecule has 23 heavy (non-hydrogen) atoms. The maximum Gasteiger partial charge on any atom is 0.167 e. The van der Waals surface area contributed by atoms with Crippen molar-refractivity contribution in [2.45, 2.75) is 59.0 Å². The third-order valence-corrected chi connectivity index (χ3v) is 8.53. The van der Waals surface area contributed by atoms with Crippen molar-refractivity contribution >= 4 is 11.6 Å². The van der Waals surface area contributed by atoms with Crippen molar-refractivity contribution in [3.8, 4) is 0 Å². The first kappa shape index (κ1) is 15.6. The molecule has 4 saturated carbocycles. The molecule has 0 aromatic carbocycles. The van der Waals surface area contributed by atoms with Crippen molar-refractivity contribution in [3.63, 3.8) is 0 Å². The van der Waals surface area contributed by atoms with Crippen LogP contribution < -0.4 is 0 Å². The summed E-state index contributed by atoms with van der Waals surface area (Å²) in [6.45, 7) is 10.6. The van der Waals surface area contributed by atoms with Crippen LogP contribution in [0.15, 0.2) is 12.2 Å². The van der Waals surface area contributed by atoms with Crippen molar-refractivity contribution in [2.75, 3.05) is 0 Å². The average molecular weight is 316 g/mol. The van der Waals surface area contributed by atoms with E-state index >= 15 is 0 Å². The molecule has 0 aromatic rings. The number of ketones is 2. The van der Waals surface area contributed by atoms with Crippen LogP contribution in [0.25, 0.3) is 0 Å². The fourth-order valence-corrected chi connectivity index (χ4v) is 7.28. The van der Waals surface area contributed by atoms with Gasteiger partial charge in [-0.2, -0.15) is 0 Å². The van der Waals surface area contributed by atoms with Gasteiger partial charge in [-0.1, -0.05) is 27.4 Å². The van der Waals surface area contributed by atoms with Crippen LogP contribution in [-0.2, 0) is 9.59 Å². The Kier molecular flexibility index (Phi) is 3.09. The number of Topliss-reactive ketones (excluding diaryl/α,β-unsaturated/α-hetero) is 2. The highest BCUT2D eigenvalue weighted by Gasteiger charge is 2.71. The van der Waals surface area contributed by atoms with E-state index in [4.69, 9.17) is 0 Å². The number of fused-ring (bicyclic) bond motifs is 3. The van der Waals surface area contributed by atoms with Gasteiger partial charge >= 0.3 is 0 Å². The van der Waals surface area contributed by atoms with Gasteiger partial charge in [0.15, 0.2) is 5.78 Å². The zero-order chi connectivity index (χ0) is 16.7. The second-order valence-corrected chi connectivity index (χ2v) is 8.93. The van der Waals surface area contributed by atoms with E-state index in [-0.39, 0.29) is 40.8 Å². The summed E-state index contributed by atoms with van der Waals surface area (Å²) in [7, 11) is 0. The van der Waals surface area contributed by atoms with Crippen molar-refractivity contribution in [1.29, 1.82) is 0 Å². The minimum Gasteiger partial charge on any atom is -0.392 e. The lowest BCUT2D eigenvalue weighted by Crippen LogP contribution is -2.64. The van der Waals surface area contributed by atoms with E-state index < -0.39 is 11.5 Å². The number of hydrogen-bond donors (Lipinski definition) is 1. The van der Waals surface area contributed by atoms with Crippen LogP contribution in [0.4, 0.5) is 0 Å². The molecule has 4 aliphatic rings. The standard InChI is InChI=1S/C20H28O3/c1-10-13-5-6-16-19(4)8-7-15(21)11(2)14(19)9-17(22)20(16,12(13)3)18(10)23/h11-14,16-17,22H,1,5-9H2,2-4H3/t11-,12?,13+,14-,16+,17-,19-,20-/m1/s1. The highest BCUT2D eigenvalue weighted by molar-refractivity contribution is 6.04. The van der Waals surface area contributed by atoms with Gasteiger partial charge in [0.1, 0.15) is 5.78 Å². The molecule has 0 amide bonds. The first-order valence-corrected chi connectivity index (χ1v) is 9.20. The van der Waals surface area contributed by atoms with Crippen molar-refractivity contribution in [2.24, 2.45) is 40.4 Å². The van der Waals surface area contributed by atoms with E-state index in [1.807, 2.05) is 6.92 Å². The lowest BCUT2D eigenvalue weighted by molar-refractivity contribution is -0.199. The van der Waals surface area contributed by atoms with E-state index in [1.54, 1.807) is 0 Å². The number of aliphatic hydroxyl groups is 1. The van der Waals surface area contributed by atoms with Gasteiger partial charge in [-0.25, -0.2) is 0 Å². The predicted molar refractivity (Wildman–Crippen MR) is 87.6 cm³/mol.